The van der Waals surface area contributed by atoms with E-state index in [0.717, 1.165) is 19.0 Å². The summed E-state index contributed by atoms with van der Waals surface area (Å²) in [6, 6.07) is 1.15. The third-order valence-electron chi connectivity index (χ3n) is 4.15. The molecule has 0 aromatic rings. The van der Waals surface area contributed by atoms with E-state index < -0.39 is 0 Å². The van der Waals surface area contributed by atoms with Crippen LogP contribution < -0.4 is 16.6 Å². The van der Waals surface area contributed by atoms with Crippen LogP contribution >= 0.6 is 0 Å². The Balaban J connectivity index is 2.30. The molecule has 0 aromatic carbocycles. The van der Waals surface area contributed by atoms with E-state index in [9.17, 15) is 0 Å². The number of nitrogens with one attached hydrogen (secondary N) is 2. The van der Waals surface area contributed by atoms with Gasteiger partial charge >= 0.3 is 0 Å². The topological polar surface area (TPSA) is 65.7 Å². The number of aliphatic imine (C=N–C) groups is 1. The predicted molar refractivity (Wildman–Crippen MR) is 82.0 cm³/mol. The zero-order valence-corrected chi connectivity index (χ0v) is 12.8. The van der Waals surface area contributed by atoms with Gasteiger partial charge in [-0.05, 0) is 33.2 Å². The van der Waals surface area contributed by atoms with Crippen molar-refractivity contribution in [1.82, 2.24) is 15.6 Å². The summed E-state index contributed by atoms with van der Waals surface area (Å²) in [6.07, 6.45) is 7.61. The zero-order chi connectivity index (χ0) is 14.1. The van der Waals surface area contributed by atoms with Gasteiger partial charge in [-0.3, -0.25) is 10.4 Å². The average molecular weight is 269 g/mol. The van der Waals surface area contributed by atoms with E-state index in [2.05, 4.69) is 41.5 Å². The van der Waals surface area contributed by atoms with Crippen LogP contribution in [0.15, 0.2) is 4.99 Å². The highest BCUT2D eigenvalue weighted by Gasteiger charge is 2.14. The molecule has 5 heteroatoms. The minimum Gasteiger partial charge on any atom is -0.353 e. The van der Waals surface area contributed by atoms with Gasteiger partial charge in [-0.25, -0.2) is 5.84 Å². The minimum absolute atomic E-state index is 0.538. The summed E-state index contributed by atoms with van der Waals surface area (Å²) in [5.41, 5.74) is 2.69. The lowest BCUT2D eigenvalue weighted by atomic mass is 9.96. The van der Waals surface area contributed by atoms with Crippen molar-refractivity contribution in [3.05, 3.63) is 0 Å². The summed E-state index contributed by atoms with van der Waals surface area (Å²) in [5.74, 6) is 6.28. The first-order valence-corrected chi connectivity index (χ1v) is 7.65. The van der Waals surface area contributed by atoms with E-state index in [-0.39, 0.29) is 0 Å². The Morgan fingerprint density at radius 1 is 1.37 bits per heavy atom. The van der Waals surface area contributed by atoms with Gasteiger partial charge in [0, 0.05) is 18.6 Å². The van der Waals surface area contributed by atoms with E-state index in [4.69, 9.17) is 5.84 Å². The molecule has 0 heterocycles. The van der Waals surface area contributed by atoms with Crippen molar-refractivity contribution >= 4 is 5.96 Å². The Morgan fingerprint density at radius 2 is 2.05 bits per heavy atom. The van der Waals surface area contributed by atoms with Crippen LogP contribution in [0.2, 0.25) is 0 Å². The third kappa shape index (κ3) is 6.25. The third-order valence-corrected chi connectivity index (χ3v) is 4.15. The molecule has 0 saturated heterocycles. The number of rotatable bonds is 6. The van der Waals surface area contributed by atoms with Crippen molar-refractivity contribution < 1.29 is 0 Å². The molecule has 0 bridgehead atoms. The molecule has 1 unspecified atom stereocenters. The smallest absolute Gasteiger partial charge is 0.205 e. The van der Waals surface area contributed by atoms with E-state index in [1.165, 1.54) is 38.5 Å². The van der Waals surface area contributed by atoms with Crippen LogP contribution in [0, 0.1) is 0 Å². The van der Waals surface area contributed by atoms with Crippen LogP contribution in [0.4, 0.5) is 0 Å². The SMILES string of the molecule is CCC(C)N(C)CCN=C(NN)NC1CCCCC1. The van der Waals surface area contributed by atoms with Crippen molar-refractivity contribution in [2.24, 2.45) is 10.8 Å². The van der Waals surface area contributed by atoms with Gasteiger partial charge in [0.1, 0.15) is 0 Å². The molecule has 19 heavy (non-hydrogen) atoms. The normalized spacial score (nSPS) is 19.5. The molecule has 1 saturated carbocycles. The van der Waals surface area contributed by atoms with Gasteiger partial charge < -0.3 is 10.2 Å². The van der Waals surface area contributed by atoms with Gasteiger partial charge in [0.25, 0.3) is 0 Å². The van der Waals surface area contributed by atoms with Crippen LogP contribution in [-0.4, -0.2) is 43.1 Å². The van der Waals surface area contributed by atoms with Crippen LogP contribution in [0.1, 0.15) is 52.4 Å². The largest absolute Gasteiger partial charge is 0.353 e. The van der Waals surface area contributed by atoms with Crippen LogP contribution in [0.5, 0.6) is 0 Å². The summed E-state index contributed by atoms with van der Waals surface area (Å²) >= 11 is 0. The van der Waals surface area contributed by atoms with Crippen molar-refractivity contribution in [2.75, 3.05) is 20.1 Å². The second-order valence-corrected chi connectivity index (χ2v) is 5.59. The maximum Gasteiger partial charge on any atom is 0.205 e. The van der Waals surface area contributed by atoms with E-state index in [1.807, 2.05) is 0 Å². The van der Waals surface area contributed by atoms with Crippen molar-refractivity contribution in [3.63, 3.8) is 0 Å². The van der Waals surface area contributed by atoms with Gasteiger partial charge in [0.05, 0.1) is 6.54 Å². The number of hydrazine groups is 1. The quantitative estimate of drug-likeness (QED) is 0.296. The molecular weight excluding hydrogens is 238 g/mol. The highest BCUT2D eigenvalue weighted by Crippen LogP contribution is 2.17. The number of nitrogens with two attached hydrogens (primary N) is 1. The zero-order valence-electron chi connectivity index (χ0n) is 12.8. The van der Waals surface area contributed by atoms with Crippen molar-refractivity contribution in [3.8, 4) is 0 Å². The first-order valence-electron chi connectivity index (χ1n) is 7.65. The van der Waals surface area contributed by atoms with Crippen molar-refractivity contribution in [2.45, 2.75) is 64.5 Å². The Bertz CT molecular complexity index is 261. The second-order valence-electron chi connectivity index (χ2n) is 5.59. The summed E-state index contributed by atoms with van der Waals surface area (Å²) in [7, 11) is 2.15. The Morgan fingerprint density at radius 3 is 2.63 bits per heavy atom. The Labute approximate surface area is 118 Å². The van der Waals surface area contributed by atoms with Crippen LogP contribution in [0.25, 0.3) is 0 Å². The minimum atomic E-state index is 0.538. The lowest BCUT2D eigenvalue weighted by Crippen LogP contribution is -2.47. The Kier molecular flexibility index (Phi) is 7.82. The molecule has 0 radical (unpaired) electrons. The molecule has 1 atom stereocenters. The van der Waals surface area contributed by atoms with Crippen LogP contribution in [-0.2, 0) is 0 Å². The molecule has 4 N–H and O–H groups in total. The van der Waals surface area contributed by atoms with Gasteiger partial charge in [-0.2, -0.15) is 0 Å². The van der Waals surface area contributed by atoms with Crippen molar-refractivity contribution in [1.29, 1.82) is 0 Å². The number of guanidine groups is 1. The first-order chi connectivity index (χ1) is 9.17. The van der Waals surface area contributed by atoms with Gasteiger partial charge in [0.2, 0.25) is 5.96 Å². The van der Waals surface area contributed by atoms with Gasteiger partial charge in [0.15, 0.2) is 0 Å². The average Bonchev–Trinajstić information content (AvgIpc) is 2.46. The fraction of sp³-hybridized carbons (Fsp3) is 0.929. The standard InChI is InChI=1S/C14H31N5/c1-4-12(2)19(3)11-10-16-14(18-15)17-13-8-6-5-7-9-13/h12-13H,4-11,15H2,1-3H3,(H2,16,17,18). The maximum atomic E-state index is 5.54. The molecule has 0 amide bonds. The van der Waals surface area contributed by atoms with E-state index in [1.54, 1.807) is 0 Å². The molecule has 0 aromatic heterocycles. The molecule has 1 aliphatic carbocycles. The molecule has 0 spiro atoms. The maximum absolute atomic E-state index is 5.54. The summed E-state index contributed by atoms with van der Waals surface area (Å²) in [4.78, 5) is 6.85. The first kappa shape index (κ1) is 16.2. The lowest BCUT2D eigenvalue weighted by molar-refractivity contribution is 0.259. The Hall–Kier alpha value is -0.810. The predicted octanol–water partition coefficient (Wildman–Crippen LogP) is 1.46. The van der Waals surface area contributed by atoms with E-state index in [0.29, 0.717) is 12.1 Å². The molecular formula is C14H31N5. The molecule has 112 valence electrons. The number of nitrogens with zero attached hydrogens (tertiary/aromatic N) is 2. The molecule has 1 rings (SSSR count). The molecule has 1 aliphatic rings. The fourth-order valence-corrected chi connectivity index (χ4v) is 2.42. The fourth-order valence-electron chi connectivity index (χ4n) is 2.42. The molecule has 5 nitrogen and oxygen atoms in total. The summed E-state index contributed by atoms with van der Waals surface area (Å²) < 4.78 is 0. The highest BCUT2D eigenvalue weighted by molar-refractivity contribution is 5.79. The highest BCUT2D eigenvalue weighted by atomic mass is 15.3. The number of likely N-dealkylation sites (N-methyl/N-ethyl adjacent to an activating group) is 1. The second kappa shape index (κ2) is 9.15. The van der Waals surface area contributed by atoms with Gasteiger partial charge in [-0.15, -0.1) is 0 Å². The monoisotopic (exact) mass is 269 g/mol. The summed E-state index contributed by atoms with van der Waals surface area (Å²) in [5, 5.41) is 3.42. The molecule has 1 fully saturated rings. The lowest BCUT2D eigenvalue weighted by Gasteiger charge is -2.25. The molecule has 0 aliphatic heterocycles. The van der Waals surface area contributed by atoms with E-state index >= 15 is 0 Å². The number of hydrogen-bond donors (Lipinski definition) is 3. The number of hydrogen-bond acceptors (Lipinski definition) is 3. The summed E-state index contributed by atoms with van der Waals surface area (Å²) in [6.45, 7) is 6.20. The van der Waals surface area contributed by atoms with Crippen LogP contribution in [0.3, 0.4) is 0 Å². The van der Waals surface area contributed by atoms with Gasteiger partial charge in [-0.1, -0.05) is 26.2 Å².